The summed E-state index contributed by atoms with van der Waals surface area (Å²) >= 11 is 6.66. The zero-order valence-electron chi connectivity index (χ0n) is 16.1. The van der Waals surface area contributed by atoms with Crippen LogP contribution in [-0.4, -0.2) is 44.0 Å². The molecule has 6 nitrogen and oxygen atoms in total. The van der Waals surface area contributed by atoms with Crippen molar-refractivity contribution in [2.45, 2.75) is 18.0 Å². The minimum absolute atomic E-state index is 0.0171. The van der Waals surface area contributed by atoms with Gasteiger partial charge in [-0.05, 0) is 48.7 Å². The fourth-order valence-electron chi connectivity index (χ4n) is 2.31. The van der Waals surface area contributed by atoms with Crippen LogP contribution in [0.2, 0.25) is 5.02 Å². The maximum Gasteiger partial charge on any atom is 0.417 e. The first-order valence-electron chi connectivity index (χ1n) is 8.18. The van der Waals surface area contributed by atoms with Gasteiger partial charge in [0.25, 0.3) is 5.91 Å². The fourth-order valence-corrected chi connectivity index (χ4v) is 3.48. The zero-order chi connectivity index (χ0) is 21.8. The number of carbonyl (C=O) groups is 1. The van der Waals surface area contributed by atoms with Gasteiger partial charge in [-0.25, -0.2) is 10.0 Å². The van der Waals surface area contributed by atoms with Gasteiger partial charge in [0.15, 0.2) is 5.69 Å². The van der Waals surface area contributed by atoms with Gasteiger partial charge in [-0.1, -0.05) is 11.6 Å². The predicted molar refractivity (Wildman–Crippen MR) is 105 cm³/mol. The first-order valence-corrected chi connectivity index (χ1v) is 9.33. The Morgan fingerprint density at radius 2 is 1.97 bits per heavy atom. The molecule has 0 saturated heterocycles. The van der Waals surface area contributed by atoms with Crippen molar-refractivity contribution in [1.29, 1.82) is 0 Å². The summed E-state index contributed by atoms with van der Waals surface area (Å²) in [4.78, 5) is 22.0. The van der Waals surface area contributed by atoms with Crippen LogP contribution < -0.4 is 4.31 Å². The number of rotatable bonds is 7. The number of methoxy groups -OCH3 is 1. The first kappa shape index (κ1) is 23.3. The lowest BCUT2D eigenvalue weighted by Gasteiger charge is -2.25. The van der Waals surface area contributed by atoms with Crippen molar-refractivity contribution in [3.8, 4) is 0 Å². The number of aryl methyl sites for hydroxylation is 1. The molecule has 158 valence electrons. The molecule has 2 rings (SSSR count). The molecule has 0 atom stereocenters. The van der Waals surface area contributed by atoms with Crippen LogP contribution in [0.1, 0.15) is 21.6 Å². The van der Waals surface area contributed by atoms with Gasteiger partial charge < -0.3 is 4.74 Å². The number of hydrogen-bond acceptors (Lipinski definition) is 6. The number of aromatic nitrogens is 1. The van der Waals surface area contributed by atoms with Crippen molar-refractivity contribution in [1.82, 2.24) is 10.0 Å². The van der Waals surface area contributed by atoms with E-state index in [0.29, 0.717) is 5.69 Å². The summed E-state index contributed by atoms with van der Waals surface area (Å²) in [5, 5.41) is 0.607. The van der Waals surface area contributed by atoms with Crippen molar-refractivity contribution in [2.24, 2.45) is 0 Å². The number of nitrogens with zero attached hydrogens (tertiary/aromatic N) is 3. The Balaban J connectivity index is 2.48. The molecule has 0 N–H and O–H groups in total. The summed E-state index contributed by atoms with van der Waals surface area (Å²) in [5.41, 5.74) is 0.244. The van der Waals surface area contributed by atoms with Gasteiger partial charge in [0.2, 0.25) is 0 Å². The highest BCUT2D eigenvalue weighted by atomic mass is 35.5. The molecule has 11 heteroatoms. The van der Waals surface area contributed by atoms with Gasteiger partial charge in [-0.3, -0.25) is 13.9 Å². The molecule has 0 fully saturated rings. The summed E-state index contributed by atoms with van der Waals surface area (Å²) < 4.78 is 46.3. The molecule has 0 saturated carbocycles. The summed E-state index contributed by atoms with van der Waals surface area (Å²) in [6.45, 7) is 1.77. The van der Waals surface area contributed by atoms with E-state index in [9.17, 15) is 18.0 Å². The summed E-state index contributed by atoms with van der Waals surface area (Å²) in [7, 11) is 4.19. The Morgan fingerprint density at radius 1 is 1.28 bits per heavy atom. The number of ether oxygens (including phenoxy) is 1. The van der Waals surface area contributed by atoms with Gasteiger partial charge in [0.05, 0.1) is 23.4 Å². The predicted octanol–water partition coefficient (Wildman–Crippen LogP) is 4.81. The molecule has 0 unspecified atom stereocenters. The number of halogens is 4. The van der Waals surface area contributed by atoms with Crippen LogP contribution in [0.4, 0.5) is 18.9 Å². The Bertz CT molecular complexity index is 883. The first-order chi connectivity index (χ1) is 13.6. The highest BCUT2D eigenvalue weighted by Gasteiger charge is 2.33. The van der Waals surface area contributed by atoms with E-state index in [0.717, 1.165) is 28.6 Å². The van der Waals surface area contributed by atoms with E-state index in [2.05, 4.69) is 4.98 Å². The normalized spacial score (nSPS) is 11.4. The summed E-state index contributed by atoms with van der Waals surface area (Å²) in [6, 6.07) is 5.27. The van der Waals surface area contributed by atoms with Crippen LogP contribution in [0.3, 0.4) is 0 Å². The quantitative estimate of drug-likeness (QED) is 0.343. The molecule has 1 heterocycles. The molecule has 2 aromatic rings. The number of alkyl halides is 3. The number of hydrogen-bond donors (Lipinski definition) is 0. The van der Waals surface area contributed by atoms with Crippen LogP contribution in [0.15, 0.2) is 35.4 Å². The summed E-state index contributed by atoms with van der Waals surface area (Å²) in [5.74, 6) is -0.517. The van der Waals surface area contributed by atoms with E-state index < -0.39 is 22.7 Å². The van der Waals surface area contributed by atoms with Gasteiger partial charge in [-0.2, -0.15) is 13.2 Å². The van der Waals surface area contributed by atoms with Gasteiger partial charge in [0, 0.05) is 25.2 Å². The average molecular weight is 450 g/mol. The average Bonchev–Trinajstić information content (AvgIpc) is 2.66. The van der Waals surface area contributed by atoms with Crippen molar-refractivity contribution >= 4 is 35.1 Å². The molecular formula is C18H19ClF3N3O3S. The Hall–Kier alpha value is -2.01. The summed E-state index contributed by atoms with van der Waals surface area (Å²) in [6.07, 6.45) is -3.08. The number of hydroxylamine groups is 2. The molecule has 0 spiro atoms. The molecule has 29 heavy (non-hydrogen) atoms. The van der Waals surface area contributed by atoms with E-state index in [-0.39, 0.29) is 17.3 Å². The lowest BCUT2D eigenvalue weighted by molar-refractivity contribution is -0.137. The second kappa shape index (κ2) is 9.66. The van der Waals surface area contributed by atoms with Gasteiger partial charge in [0.1, 0.15) is 6.73 Å². The van der Waals surface area contributed by atoms with E-state index >= 15 is 0 Å². The number of carbonyl (C=O) groups excluding carboxylic acids is 1. The van der Waals surface area contributed by atoms with Crippen molar-refractivity contribution in [2.75, 3.05) is 32.3 Å². The van der Waals surface area contributed by atoms with Crippen LogP contribution >= 0.6 is 23.5 Å². The highest BCUT2D eigenvalue weighted by molar-refractivity contribution is 8.00. The third-order valence-electron chi connectivity index (χ3n) is 3.74. The molecule has 0 aliphatic carbocycles. The van der Waals surface area contributed by atoms with Crippen LogP contribution in [0.25, 0.3) is 0 Å². The molecule has 0 aliphatic rings. The Labute approximate surface area is 175 Å². The van der Waals surface area contributed by atoms with Crippen LogP contribution in [0, 0.1) is 6.92 Å². The minimum Gasteiger partial charge on any atom is -0.363 e. The second-order valence-electron chi connectivity index (χ2n) is 5.89. The monoisotopic (exact) mass is 449 g/mol. The maximum atomic E-state index is 13.2. The number of anilines is 1. The second-order valence-corrected chi connectivity index (χ2v) is 7.39. The third kappa shape index (κ3) is 5.75. The zero-order valence-corrected chi connectivity index (χ0v) is 17.7. The lowest BCUT2D eigenvalue weighted by Crippen LogP contribution is -2.29. The number of benzene rings is 1. The van der Waals surface area contributed by atoms with Crippen LogP contribution in [0.5, 0.6) is 0 Å². The largest absolute Gasteiger partial charge is 0.417 e. The molecule has 0 radical (unpaired) electrons. The van der Waals surface area contributed by atoms with Crippen molar-refractivity contribution in [3.63, 3.8) is 0 Å². The van der Waals surface area contributed by atoms with E-state index in [1.165, 1.54) is 43.9 Å². The van der Waals surface area contributed by atoms with Gasteiger partial charge in [-0.15, -0.1) is 0 Å². The lowest BCUT2D eigenvalue weighted by atomic mass is 10.2. The molecule has 0 aliphatic heterocycles. The Kier molecular flexibility index (Phi) is 7.75. The molecule has 1 amide bonds. The number of pyridine rings is 1. The van der Waals surface area contributed by atoms with E-state index in [1.807, 2.05) is 0 Å². The highest BCUT2D eigenvalue weighted by Crippen LogP contribution is 2.39. The molecule has 0 bridgehead atoms. The molecule has 1 aromatic heterocycles. The SMILES string of the molecule is COCN(Sc1ccc(Cl)c(C(F)(F)F)c1)c1cc(C)cnc1C(=O)N(C)OC. The molecular weight excluding hydrogens is 431 g/mol. The smallest absolute Gasteiger partial charge is 0.363 e. The van der Waals surface area contributed by atoms with E-state index in [4.69, 9.17) is 21.2 Å². The fraction of sp³-hybridized carbons (Fsp3) is 0.333. The topological polar surface area (TPSA) is 54.9 Å². The minimum atomic E-state index is -4.59. The van der Waals surface area contributed by atoms with E-state index in [1.54, 1.807) is 13.0 Å². The van der Waals surface area contributed by atoms with Crippen molar-refractivity contribution < 1.29 is 27.5 Å². The third-order valence-corrected chi connectivity index (χ3v) is 5.06. The van der Waals surface area contributed by atoms with Crippen molar-refractivity contribution in [3.05, 3.63) is 52.3 Å². The molecule has 1 aromatic carbocycles. The number of amides is 1. The van der Waals surface area contributed by atoms with Gasteiger partial charge >= 0.3 is 6.18 Å². The Morgan fingerprint density at radius 3 is 2.55 bits per heavy atom. The standard InChI is InChI=1S/C18H19ClF3N3O3S/c1-11-7-15(16(23-9-11)17(26)24(2)28-4)25(10-27-3)29-12-5-6-14(19)13(8-12)18(20,21)22/h5-9H,10H2,1-4H3. The maximum absolute atomic E-state index is 13.2. The van der Waals surface area contributed by atoms with Crippen LogP contribution in [-0.2, 0) is 15.8 Å².